The summed E-state index contributed by atoms with van der Waals surface area (Å²) in [7, 11) is 0. The Morgan fingerprint density at radius 2 is 2.12 bits per heavy atom. The number of rotatable bonds is 3. The van der Waals surface area contributed by atoms with Gasteiger partial charge in [-0.15, -0.1) is 11.3 Å². The van der Waals surface area contributed by atoms with E-state index in [0.29, 0.717) is 6.04 Å². The third-order valence-corrected chi connectivity index (χ3v) is 4.68. The molecular formula is C13H22N2S. The van der Waals surface area contributed by atoms with E-state index in [1.165, 1.54) is 4.88 Å². The van der Waals surface area contributed by atoms with Gasteiger partial charge in [0, 0.05) is 22.9 Å². The zero-order chi connectivity index (χ0) is 11.6. The second kappa shape index (κ2) is 4.86. The largest absolute Gasteiger partial charge is 0.328 e. The highest BCUT2D eigenvalue weighted by Gasteiger charge is 2.26. The Hall–Kier alpha value is -0.380. The quantitative estimate of drug-likeness (QED) is 0.876. The molecule has 1 aliphatic heterocycles. The van der Waals surface area contributed by atoms with Crippen LogP contribution in [0.5, 0.6) is 0 Å². The van der Waals surface area contributed by atoms with E-state index in [1.54, 1.807) is 0 Å². The van der Waals surface area contributed by atoms with E-state index in [2.05, 4.69) is 36.3 Å². The predicted octanol–water partition coefficient (Wildman–Crippen LogP) is 2.45. The van der Waals surface area contributed by atoms with Crippen molar-refractivity contribution in [1.29, 1.82) is 0 Å². The predicted molar refractivity (Wildman–Crippen MR) is 71.0 cm³/mol. The Bertz CT molecular complexity index is 311. The number of nitrogens with two attached hydrogens (primary N) is 1. The Labute approximate surface area is 102 Å². The summed E-state index contributed by atoms with van der Waals surface area (Å²) in [6.45, 7) is 8.16. The van der Waals surface area contributed by atoms with E-state index in [9.17, 15) is 0 Å². The van der Waals surface area contributed by atoms with Crippen LogP contribution in [-0.2, 0) is 5.41 Å². The summed E-state index contributed by atoms with van der Waals surface area (Å²) in [6, 6.07) is 4.83. The molecule has 1 aromatic rings. The molecule has 90 valence electrons. The average Bonchev–Trinajstić information content (AvgIpc) is 2.75. The van der Waals surface area contributed by atoms with Crippen LogP contribution in [0.2, 0.25) is 0 Å². The van der Waals surface area contributed by atoms with Crippen LogP contribution < -0.4 is 5.73 Å². The number of hydrogen-bond acceptors (Lipinski definition) is 3. The van der Waals surface area contributed by atoms with Crippen molar-refractivity contribution in [3.63, 3.8) is 0 Å². The number of thiophene rings is 1. The van der Waals surface area contributed by atoms with Gasteiger partial charge in [0.05, 0.1) is 0 Å². The van der Waals surface area contributed by atoms with E-state index in [1.807, 2.05) is 11.3 Å². The van der Waals surface area contributed by atoms with Crippen LogP contribution >= 0.6 is 11.3 Å². The molecule has 1 saturated heterocycles. The van der Waals surface area contributed by atoms with Crippen LogP contribution in [0.4, 0.5) is 0 Å². The summed E-state index contributed by atoms with van der Waals surface area (Å²) < 4.78 is 0. The zero-order valence-corrected chi connectivity index (χ0v) is 11.1. The lowest BCUT2D eigenvalue weighted by Gasteiger charge is -2.36. The van der Waals surface area contributed by atoms with Gasteiger partial charge < -0.3 is 10.6 Å². The van der Waals surface area contributed by atoms with Gasteiger partial charge in [-0.25, -0.2) is 0 Å². The maximum absolute atomic E-state index is 5.93. The first kappa shape index (κ1) is 12.1. The van der Waals surface area contributed by atoms with Crippen molar-refractivity contribution in [1.82, 2.24) is 4.90 Å². The molecule has 0 aromatic carbocycles. The van der Waals surface area contributed by atoms with Gasteiger partial charge in [-0.3, -0.25) is 0 Å². The van der Waals surface area contributed by atoms with E-state index in [4.69, 9.17) is 5.73 Å². The van der Waals surface area contributed by atoms with Crippen molar-refractivity contribution >= 4 is 11.3 Å². The Morgan fingerprint density at radius 3 is 2.69 bits per heavy atom. The third-order valence-electron chi connectivity index (χ3n) is 3.44. The minimum absolute atomic E-state index is 0.273. The average molecular weight is 238 g/mol. The topological polar surface area (TPSA) is 29.3 Å². The van der Waals surface area contributed by atoms with E-state index in [-0.39, 0.29) is 5.41 Å². The number of nitrogens with zero attached hydrogens (tertiary/aromatic N) is 1. The molecule has 2 nitrogen and oxygen atoms in total. The highest BCUT2D eigenvalue weighted by atomic mass is 32.1. The minimum atomic E-state index is 0.273. The van der Waals surface area contributed by atoms with Crippen molar-refractivity contribution in [2.45, 2.75) is 38.1 Å². The molecule has 0 radical (unpaired) electrons. The monoisotopic (exact) mass is 238 g/mol. The fourth-order valence-corrected chi connectivity index (χ4v) is 3.26. The molecule has 0 spiro atoms. The molecule has 16 heavy (non-hydrogen) atoms. The van der Waals surface area contributed by atoms with Crippen molar-refractivity contribution in [2.75, 3.05) is 19.6 Å². The molecule has 1 aliphatic rings. The normalized spacial score (nSPS) is 20.2. The number of likely N-dealkylation sites (tertiary alicyclic amines) is 1. The number of piperidine rings is 1. The molecule has 2 heterocycles. The molecule has 0 bridgehead atoms. The molecule has 2 rings (SSSR count). The van der Waals surface area contributed by atoms with Crippen molar-refractivity contribution in [3.05, 3.63) is 22.4 Å². The molecule has 1 aromatic heterocycles. The van der Waals surface area contributed by atoms with Gasteiger partial charge in [0.15, 0.2) is 0 Å². The van der Waals surface area contributed by atoms with Crippen LogP contribution in [-0.4, -0.2) is 30.6 Å². The maximum atomic E-state index is 5.93. The van der Waals surface area contributed by atoms with Gasteiger partial charge in [-0.05, 0) is 37.4 Å². The Balaban J connectivity index is 1.94. The molecule has 3 heteroatoms. The summed E-state index contributed by atoms with van der Waals surface area (Å²) in [4.78, 5) is 4.05. The summed E-state index contributed by atoms with van der Waals surface area (Å²) in [6.07, 6.45) is 2.31. The minimum Gasteiger partial charge on any atom is -0.328 e. The van der Waals surface area contributed by atoms with Crippen molar-refractivity contribution < 1.29 is 0 Å². The highest BCUT2D eigenvalue weighted by Crippen LogP contribution is 2.29. The fraction of sp³-hybridized carbons (Fsp3) is 0.692. The van der Waals surface area contributed by atoms with Crippen LogP contribution in [0.15, 0.2) is 17.5 Å². The number of hydrogen-bond donors (Lipinski definition) is 1. The van der Waals surface area contributed by atoms with Gasteiger partial charge in [-0.2, -0.15) is 0 Å². The molecule has 2 N–H and O–H groups in total. The van der Waals surface area contributed by atoms with Crippen LogP contribution in [0, 0.1) is 0 Å². The Morgan fingerprint density at radius 1 is 1.44 bits per heavy atom. The molecule has 0 amide bonds. The molecular weight excluding hydrogens is 216 g/mol. The molecule has 1 fully saturated rings. The SMILES string of the molecule is CC(C)(CN1CCC(N)CC1)c1cccs1. The molecule has 0 saturated carbocycles. The van der Waals surface area contributed by atoms with E-state index < -0.39 is 0 Å². The summed E-state index contributed by atoms with van der Waals surface area (Å²) in [5.41, 5.74) is 6.20. The lowest BCUT2D eigenvalue weighted by molar-refractivity contribution is 0.180. The maximum Gasteiger partial charge on any atom is 0.0118 e. The van der Waals surface area contributed by atoms with Crippen LogP contribution in [0.25, 0.3) is 0 Å². The molecule has 0 atom stereocenters. The smallest absolute Gasteiger partial charge is 0.0118 e. The van der Waals surface area contributed by atoms with E-state index >= 15 is 0 Å². The molecule has 0 unspecified atom stereocenters. The van der Waals surface area contributed by atoms with Gasteiger partial charge in [-0.1, -0.05) is 19.9 Å². The summed E-state index contributed by atoms with van der Waals surface area (Å²) >= 11 is 1.87. The highest BCUT2D eigenvalue weighted by molar-refractivity contribution is 7.10. The molecule has 0 aliphatic carbocycles. The van der Waals surface area contributed by atoms with Gasteiger partial charge in [0.25, 0.3) is 0 Å². The van der Waals surface area contributed by atoms with Crippen LogP contribution in [0.3, 0.4) is 0 Å². The zero-order valence-electron chi connectivity index (χ0n) is 10.3. The third kappa shape index (κ3) is 2.84. The first-order chi connectivity index (χ1) is 7.58. The standard InChI is InChI=1S/C13H22N2S/c1-13(2,12-4-3-9-16-12)10-15-7-5-11(14)6-8-15/h3-4,9,11H,5-8,10,14H2,1-2H3. The van der Waals surface area contributed by atoms with Gasteiger partial charge in [0.2, 0.25) is 0 Å². The fourth-order valence-electron chi connectivity index (χ4n) is 2.41. The first-order valence-corrected chi connectivity index (χ1v) is 6.98. The lowest BCUT2D eigenvalue weighted by atomic mass is 9.90. The lowest BCUT2D eigenvalue weighted by Crippen LogP contribution is -2.44. The van der Waals surface area contributed by atoms with Crippen LogP contribution in [0.1, 0.15) is 31.6 Å². The van der Waals surface area contributed by atoms with E-state index in [0.717, 1.165) is 32.5 Å². The second-order valence-electron chi connectivity index (χ2n) is 5.47. The Kier molecular flexibility index (Phi) is 3.67. The summed E-state index contributed by atoms with van der Waals surface area (Å²) in [5, 5.41) is 2.17. The first-order valence-electron chi connectivity index (χ1n) is 6.10. The summed E-state index contributed by atoms with van der Waals surface area (Å²) in [5.74, 6) is 0. The van der Waals surface area contributed by atoms with Gasteiger partial charge in [0.1, 0.15) is 0 Å². The second-order valence-corrected chi connectivity index (χ2v) is 6.42. The van der Waals surface area contributed by atoms with Crippen molar-refractivity contribution in [3.8, 4) is 0 Å². The van der Waals surface area contributed by atoms with Gasteiger partial charge >= 0.3 is 0 Å². The van der Waals surface area contributed by atoms with Crippen molar-refractivity contribution in [2.24, 2.45) is 5.73 Å².